The molecule has 21 heavy (non-hydrogen) atoms. The van der Waals surface area contributed by atoms with E-state index in [2.05, 4.69) is 5.32 Å². The molecule has 0 aliphatic carbocycles. The van der Waals surface area contributed by atoms with Gasteiger partial charge in [0.2, 0.25) is 5.91 Å². The molecule has 5 heteroatoms. The van der Waals surface area contributed by atoms with Crippen LogP contribution in [-0.2, 0) is 4.79 Å². The summed E-state index contributed by atoms with van der Waals surface area (Å²) < 4.78 is 5.12. The zero-order chi connectivity index (χ0) is 14.8. The molecule has 1 atom stereocenters. The number of methoxy groups -OCH3 is 1. The van der Waals surface area contributed by atoms with Gasteiger partial charge < -0.3 is 4.74 Å². The number of hydrogen-bond acceptors (Lipinski definition) is 4. The topological polar surface area (TPSA) is 55.4 Å². The second-order valence-corrected chi connectivity index (χ2v) is 5.73. The Bertz CT molecular complexity index is 697. The third-order valence-corrected chi connectivity index (χ3v) is 4.60. The highest BCUT2D eigenvalue weighted by atomic mass is 32.2. The van der Waals surface area contributed by atoms with Crippen LogP contribution < -0.4 is 10.1 Å². The lowest BCUT2D eigenvalue weighted by molar-refractivity contribution is -0.119. The summed E-state index contributed by atoms with van der Waals surface area (Å²) in [7, 11) is 1.59. The fourth-order valence-electron chi connectivity index (χ4n) is 2.18. The smallest absolute Gasteiger partial charge is 0.259 e. The molecule has 3 rings (SSSR count). The minimum Gasteiger partial charge on any atom is -0.497 e. The maximum atomic E-state index is 12.3. The number of benzene rings is 2. The van der Waals surface area contributed by atoms with Crippen molar-refractivity contribution in [1.82, 2.24) is 5.32 Å². The highest BCUT2D eigenvalue weighted by Crippen LogP contribution is 2.39. The standard InChI is InChI=1S/C16H13NO3S/c1-20-11-8-6-10(7-9-11)14-16(19)17-15(18)12-4-2-3-5-13(12)21-14/h2-9,14H,1H3,(H,17,18,19). The van der Waals surface area contributed by atoms with Crippen LogP contribution in [0.1, 0.15) is 21.2 Å². The zero-order valence-corrected chi connectivity index (χ0v) is 12.1. The number of nitrogens with one attached hydrogen (secondary N) is 1. The van der Waals surface area contributed by atoms with Crippen LogP contribution in [0.4, 0.5) is 0 Å². The molecule has 0 radical (unpaired) electrons. The normalized spacial score (nSPS) is 17.7. The molecule has 1 heterocycles. The second-order valence-electron chi connectivity index (χ2n) is 4.59. The molecule has 0 saturated heterocycles. The SMILES string of the molecule is COc1ccc(C2Sc3ccccc3C(=O)NC2=O)cc1. The second kappa shape index (κ2) is 5.61. The summed E-state index contributed by atoms with van der Waals surface area (Å²) in [6.07, 6.45) is 0. The van der Waals surface area contributed by atoms with Crippen LogP contribution in [0.15, 0.2) is 53.4 Å². The minimum atomic E-state index is -0.455. The Balaban J connectivity index is 1.98. The van der Waals surface area contributed by atoms with Crippen molar-refractivity contribution in [3.05, 3.63) is 59.7 Å². The summed E-state index contributed by atoms with van der Waals surface area (Å²) in [6.45, 7) is 0. The average molecular weight is 299 g/mol. The lowest BCUT2D eigenvalue weighted by atomic mass is 10.1. The number of hydrogen-bond donors (Lipinski definition) is 1. The van der Waals surface area contributed by atoms with Crippen LogP contribution in [0, 0.1) is 0 Å². The first-order valence-electron chi connectivity index (χ1n) is 6.44. The van der Waals surface area contributed by atoms with E-state index in [9.17, 15) is 9.59 Å². The number of rotatable bonds is 2. The van der Waals surface area contributed by atoms with Crippen molar-refractivity contribution in [2.45, 2.75) is 10.1 Å². The molecule has 1 unspecified atom stereocenters. The summed E-state index contributed by atoms with van der Waals surface area (Å²) >= 11 is 1.38. The summed E-state index contributed by atoms with van der Waals surface area (Å²) in [5.41, 5.74) is 1.37. The number of imide groups is 1. The first kappa shape index (κ1) is 13.7. The molecule has 2 aromatic carbocycles. The molecule has 0 saturated carbocycles. The third kappa shape index (κ3) is 2.64. The zero-order valence-electron chi connectivity index (χ0n) is 11.3. The number of amides is 2. The van der Waals surface area contributed by atoms with Crippen molar-refractivity contribution in [3.8, 4) is 5.75 Å². The van der Waals surface area contributed by atoms with Gasteiger partial charge in [-0.1, -0.05) is 24.3 Å². The quantitative estimate of drug-likeness (QED) is 0.866. The number of ether oxygens (including phenoxy) is 1. The van der Waals surface area contributed by atoms with E-state index in [1.807, 2.05) is 36.4 Å². The maximum absolute atomic E-state index is 12.3. The Morgan fingerprint density at radius 2 is 1.76 bits per heavy atom. The van der Waals surface area contributed by atoms with Crippen LogP contribution in [0.25, 0.3) is 0 Å². The van der Waals surface area contributed by atoms with Gasteiger partial charge in [-0.2, -0.15) is 0 Å². The van der Waals surface area contributed by atoms with Gasteiger partial charge in [-0.05, 0) is 29.8 Å². The lowest BCUT2D eigenvalue weighted by Crippen LogP contribution is -2.31. The number of thioether (sulfide) groups is 1. The summed E-state index contributed by atoms with van der Waals surface area (Å²) in [5, 5.41) is 1.99. The summed E-state index contributed by atoms with van der Waals surface area (Å²) in [6, 6.07) is 14.5. The van der Waals surface area contributed by atoms with E-state index in [0.29, 0.717) is 5.56 Å². The molecule has 1 aliphatic heterocycles. The van der Waals surface area contributed by atoms with Gasteiger partial charge in [-0.15, -0.1) is 11.8 Å². The Morgan fingerprint density at radius 1 is 1.05 bits per heavy atom. The van der Waals surface area contributed by atoms with Crippen LogP contribution in [0.2, 0.25) is 0 Å². The molecule has 0 fully saturated rings. The van der Waals surface area contributed by atoms with Gasteiger partial charge in [0.15, 0.2) is 0 Å². The van der Waals surface area contributed by atoms with Crippen LogP contribution in [0.3, 0.4) is 0 Å². The molecule has 0 aromatic heterocycles. The van der Waals surface area contributed by atoms with Crippen molar-refractivity contribution in [3.63, 3.8) is 0 Å². The van der Waals surface area contributed by atoms with E-state index < -0.39 is 5.25 Å². The average Bonchev–Trinajstić information content (AvgIpc) is 2.64. The fourth-order valence-corrected chi connectivity index (χ4v) is 3.34. The Labute approximate surface area is 126 Å². The molecular weight excluding hydrogens is 286 g/mol. The Kier molecular flexibility index (Phi) is 3.66. The van der Waals surface area contributed by atoms with E-state index >= 15 is 0 Å². The first-order valence-corrected chi connectivity index (χ1v) is 7.32. The van der Waals surface area contributed by atoms with Crippen molar-refractivity contribution in [1.29, 1.82) is 0 Å². The maximum Gasteiger partial charge on any atom is 0.259 e. The predicted molar refractivity (Wildman–Crippen MR) is 80.5 cm³/mol. The lowest BCUT2D eigenvalue weighted by Gasteiger charge is -2.13. The predicted octanol–water partition coefficient (Wildman–Crippen LogP) is 2.80. The molecule has 4 nitrogen and oxygen atoms in total. The first-order chi connectivity index (χ1) is 10.2. The molecule has 0 bridgehead atoms. The number of carbonyl (C=O) groups excluding carboxylic acids is 2. The Hall–Kier alpha value is -2.27. The third-order valence-electron chi connectivity index (χ3n) is 3.27. The van der Waals surface area contributed by atoms with E-state index in [-0.39, 0.29) is 11.8 Å². The largest absolute Gasteiger partial charge is 0.497 e. The van der Waals surface area contributed by atoms with Gasteiger partial charge in [0.05, 0.1) is 12.7 Å². The fraction of sp³-hybridized carbons (Fsp3) is 0.125. The van der Waals surface area contributed by atoms with Gasteiger partial charge in [0, 0.05) is 4.90 Å². The van der Waals surface area contributed by atoms with E-state index in [1.54, 1.807) is 19.2 Å². The van der Waals surface area contributed by atoms with E-state index in [1.165, 1.54) is 11.8 Å². The molecule has 106 valence electrons. The molecule has 2 aromatic rings. The van der Waals surface area contributed by atoms with Gasteiger partial charge in [0.25, 0.3) is 5.91 Å². The molecule has 1 N–H and O–H groups in total. The highest BCUT2D eigenvalue weighted by molar-refractivity contribution is 8.00. The highest BCUT2D eigenvalue weighted by Gasteiger charge is 2.29. The molecule has 1 aliphatic rings. The number of fused-ring (bicyclic) bond motifs is 1. The van der Waals surface area contributed by atoms with Crippen molar-refractivity contribution < 1.29 is 14.3 Å². The van der Waals surface area contributed by atoms with Gasteiger partial charge in [-0.25, -0.2) is 0 Å². The molecule has 2 amide bonds. The van der Waals surface area contributed by atoms with Crippen LogP contribution in [-0.4, -0.2) is 18.9 Å². The van der Waals surface area contributed by atoms with Crippen molar-refractivity contribution >= 4 is 23.6 Å². The van der Waals surface area contributed by atoms with Gasteiger partial charge in [-0.3, -0.25) is 14.9 Å². The summed E-state index contributed by atoms with van der Waals surface area (Å²) in [4.78, 5) is 25.1. The molecule has 0 spiro atoms. The van der Waals surface area contributed by atoms with Crippen LogP contribution in [0.5, 0.6) is 5.75 Å². The molecular formula is C16H13NO3S. The van der Waals surface area contributed by atoms with Crippen molar-refractivity contribution in [2.24, 2.45) is 0 Å². The van der Waals surface area contributed by atoms with Gasteiger partial charge in [0.1, 0.15) is 11.0 Å². The van der Waals surface area contributed by atoms with E-state index in [4.69, 9.17) is 4.74 Å². The number of carbonyl (C=O) groups is 2. The minimum absolute atomic E-state index is 0.300. The monoisotopic (exact) mass is 299 g/mol. The van der Waals surface area contributed by atoms with Gasteiger partial charge >= 0.3 is 0 Å². The summed E-state index contributed by atoms with van der Waals surface area (Å²) in [5.74, 6) is 0.0831. The van der Waals surface area contributed by atoms with Crippen molar-refractivity contribution in [2.75, 3.05) is 7.11 Å². The van der Waals surface area contributed by atoms with Crippen LogP contribution >= 0.6 is 11.8 Å². The Morgan fingerprint density at radius 3 is 2.48 bits per heavy atom. The van der Waals surface area contributed by atoms with E-state index in [0.717, 1.165) is 16.2 Å².